The quantitative estimate of drug-likeness (QED) is 0.367. The molecule has 144 valence electrons. The molecule has 0 saturated carbocycles. The maximum Gasteiger partial charge on any atom is 0.417 e. The van der Waals surface area contributed by atoms with E-state index in [0.717, 1.165) is 12.1 Å². The number of benzene rings is 2. The minimum atomic E-state index is -5.29. The summed E-state index contributed by atoms with van der Waals surface area (Å²) in [6, 6.07) is 8.83. The van der Waals surface area contributed by atoms with Gasteiger partial charge < -0.3 is 4.74 Å². The Morgan fingerprint density at radius 3 is 2.04 bits per heavy atom. The topological polar surface area (TPSA) is 26.3 Å². The van der Waals surface area contributed by atoms with Crippen LogP contribution in [0.2, 0.25) is 0 Å². The van der Waals surface area contributed by atoms with Crippen molar-refractivity contribution >= 4 is 12.0 Å². The van der Waals surface area contributed by atoms with E-state index in [2.05, 4.69) is 4.74 Å². The lowest BCUT2D eigenvalue weighted by Gasteiger charge is -2.21. The molecule has 8 heteroatoms. The van der Waals surface area contributed by atoms with Crippen LogP contribution in [0.15, 0.2) is 48.5 Å². The molecule has 0 aliphatic carbocycles. The standard InChI is InChI=1S/C19H14F6O2/c1-2-27-15(26)11-9-13-8-10-14(12-6-4-3-5-7-12)17(19(23,24)25)16(13)18(20,21)22/h3-11H,2H2,1H3/b11-9+. The van der Waals surface area contributed by atoms with Crippen LogP contribution in [-0.4, -0.2) is 12.6 Å². The van der Waals surface area contributed by atoms with Crippen molar-refractivity contribution in [3.05, 3.63) is 65.2 Å². The molecule has 0 atom stereocenters. The van der Waals surface area contributed by atoms with E-state index in [9.17, 15) is 31.1 Å². The molecule has 2 rings (SSSR count). The van der Waals surface area contributed by atoms with Crippen molar-refractivity contribution in [2.24, 2.45) is 0 Å². The molecule has 0 saturated heterocycles. The first-order chi connectivity index (χ1) is 12.6. The van der Waals surface area contributed by atoms with Gasteiger partial charge in [0, 0.05) is 6.08 Å². The highest BCUT2D eigenvalue weighted by Gasteiger charge is 2.46. The van der Waals surface area contributed by atoms with Gasteiger partial charge in [0.15, 0.2) is 0 Å². The molecule has 0 aliphatic heterocycles. The first-order valence-corrected chi connectivity index (χ1v) is 7.77. The average Bonchev–Trinajstić information content (AvgIpc) is 2.58. The molecule has 2 aromatic rings. The maximum atomic E-state index is 13.6. The summed E-state index contributed by atoms with van der Waals surface area (Å²) in [5.41, 5.74) is -5.02. The van der Waals surface area contributed by atoms with E-state index in [0.29, 0.717) is 12.2 Å². The second kappa shape index (κ2) is 7.85. The predicted octanol–water partition coefficient (Wildman–Crippen LogP) is 5.97. The van der Waals surface area contributed by atoms with Crippen molar-refractivity contribution in [2.75, 3.05) is 6.61 Å². The highest BCUT2D eigenvalue weighted by Crippen LogP contribution is 2.46. The molecule has 0 amide bonds. The Hall–Kier alpha value is -2.77. The summed E-state index contributed by atoms with van der Waals surface area (Å²) in [7, 11) is 0. The summed E-state index contributed by atoms with van der Waals surface area (Å²) in [6.45, 7) is 1.47. The van der Waals surface area contributed by atoms with Gasteiger partial charge in [-0.05, 0) is 29.7 Å². The number of halogens is 6. The lowest BCUT2D eigenvalue weighted by Crippen LogP contribution is -2.19. The molecule has 27 heavy (non-hydrogen) atoms. The van der Waals surface area contributed by atoms with Crippen LogP contribution >= 0.6 is 0 Å². The Balaban J connectivity index is 2.77. The summed E-state index contributed by atoms with van der Waals surface area (Å²) < 4.78 is 86.0. The van der Waals surface area contributed by atoms with Crippen LogP contribution in [0, 0.1) is 0 Å². The molecule has 0 unspecified atom stereocenters. The monoisotopic (exact) mass is 388 g/mol. The van der Waals surface area contributed by atoms with E-state index in [1.54, 1.807) is 0 Å². The number of carbonyl (C=O) groups excluding carboxylic acids is 1. The summed E-state index contributed by atoms with van der Waals surface area (Å²) >= 11 is 0. The van der Waals surface area contributed by atoms with E-state index in [1.165, 1.54) is 37.3 Å². The van der Waals surface area contributed by atoms with Crippen molar-refractivity contribution in [3.63, 3.8) is 0 Å². The van der Waals surface area contributed by atoms with Crippen LogP contribution in [0.3, 0.4) is 0 Å². The van der Waals surface area contributed by atoms with Gasteiger partial charge in [0.1, 0.15) is 0 Å². The zero-order valence-electron chi connectivity index (χ0n) is 14.0. The van der Waals surface area contributed by atoms with Crippen molar-refractivity contribution in [2.45, 2.75) is 19.3 Å². The van der Waals surface area contributed by atoms with Crippen molar-refractivity contribution in [3.8, 4) is 11.1 Å². The maximum absolute atomic E-state index is 13.6. The fourth-order valence-electron chi connectivity index (χ4n) is 2.56. The molecular formula is C19H14F6O2. The van der Waals surface area contributed by atoms with Gasteiger partial charge in [-0.15, -0.1) is 0 Å². The summed E-state index contributed by atoms with van der Waals surface area (Å²) in [5, 5.41) is 0. The minimum absolute atomic E-state index is 0.00347. The van der Waals surface area contributed by atoms with E-state index in [4.69, 9.17) is 0 Å². The Morgan fingerprint density at radius 1 is 0.926 bits per heavy atom. The van der Waals surface area contributed by atoms with E-state index in [1.807, 2.05) is 0 Å². The number of ether oxygens (including phenoxy) is 1. The molecule has 0 radical (unpaired) electrons. The molecule has 2 aromatic carbocycles. The highest BCUT2D eigenvalue weighted by molar-refractivity contribution is 5.88. The van der Waals surface area contributed by atoms with Crippen LogP contribution in [0.4, 0.5) is 26.3 Å². The Morgan fingerprint density at radius 2 is 1.52 bits per heavy atom. The number of alkyl halides is 6. The van der Waals surface area contributed by atoms with Crippen LogP contribution in [0.5, 0.6) is 0 Å². The first-order valence-electron chi connectivity index (χ1n) is 7.77. The molecule has 0 N–H and O–H groups in total. The van der Waals surface area contributed by atoms with Gasteiger partial charge in [0.25, 0.3) is 0 Å². The molecule has 0 spiro atoms. The van der Waals surface area contributed by atoms with Crippen LogP contribution < -0.4 is 0 Å². The molecule has 0 heterocycles. The van der Waals surface area contributed by atoms with Gasteiger partial charge in [-0.25, -0.2) is 4.79 Å². The van der Waals surface area contributed by atoms with E-state index >= 15 is 0 Å². The predicted molar refractivity (Wildman–Crippen MR) is 87.5 cm³/mol. The SMILES string of the molecule is CCOC(=O)/C=C/c1ccc(-c2ccccc2)c(C(F)(F)F)c1C(F)(F)F. The third-order valence-corrected chi connectivity index (χ3v) is 3.57. The molecule has 0 fully saturated rings. The van der Waals surface area contributed by atoms with E-state index < -0.39 is 40.6 Å². The molecule has 0 aliphatic rings. The van der Waals surface area contributed by atoms with Crippen LogP contribution in [0.1, 0.15) is 23.6 Å². The largest absolute Gasteiger partial charge is 0.463 e. The zero-order valence-corrected chi connectivity index (χ0v) is 14.0. The number of hydrogen-bond donors (Lipinski definition) is 0. The smallest absolute Gasteiger partial charge is 0.417 e. The fraction of sp³-hybridized carbons (Fsp3) is 0.211. The number of hydrogen-bond acceptors (Lipinski definition) is 2. The van der Waals surface area contributed by atoms with Gasteiger partial charge in [0.05, 0.1) is 17.7 Å². The third kappa shape index (κ3) is 4.90. The average molecular weight is 388 g/mol. The molecule has 0 aromatic heterocycles. The highest BCUT2D eigenvalue weighted by atomic mass is 19.4. The molecule has 0 bridgehead atoms. The van der Waals surface area contributed by atoms with Crippen molar-refractivity contribution < 1.29 is 35.9 Å². The fourth-order valence-corrected chi connectivity index (χ4v) is 2.56. The lowest BCUT2D eigenvalue weighted by atomic mass is 9.91. The van der Waals surface area contributed by atoms with Gasteiger partial charge in [-0.1, -0.05) is 42.5 Å². The van der Waals surface area contributed by atoms with Gasteiger partial charge in [-0.2, -0.15) is 26.3 Å². The third-order valence-electron chi connectivity index (χ3n) is 3.57. The number of rotatable bonds is 4. The Bertz CT molecular complexity index is 836. The van der Waals surface area contributed by atoms with Crippen LogP contribution in [0.25, 0.3) is 17.2 Å². The second-order valence-electron chi connectivity index (χ2n) is 5.40. The number of carbonyl (C=O) groups is 1. The van der Waals surface area contributed by atoms with Gasteiger partial charge >= 0.3 is 18.3 Å². The summed E-state index contributed by atoms with van der Waals surface area (Å²) in [5.74, 6) is -0.952. The normalized spacial score (nSPS) is 12.4. The second-order valence-corrected chi connectivity index (χ2v) is 5.40. The van der Waals surface area contributed by atoms with Gasteiger partial charge in [0.2, 0.25) is 0 Å². The summed E-state index contributed by atoms with van der Waals surface area (Å²) in [6.07, 6.45) is -9.21. The molecular weight excluding hydrogens is 374 g/mol. The lowest BCUT2D eigenvalue weighted by molar-refractivity contribution is -0.161. The Kier molecular flexibility index (Phi) is 5.98. The van der Waals surface area contributed by atoms with Gasteiger partial charge in [-0.3, -0.25) is 0 Å². The zero-order chi connectivity index (χ0) is 20.2. The van der Waals surface area contributed by atoms with Crippen molar-refractivity contribution in [1.29, 1.82) is 0 Å². The van der Waals surface area contributed by atoms with Crippen LogP contribution in [-0.2, 0) is 21.9 Å². The first kappa shape index (κ1) is 20.5. The molecule has 2 nitrogen and oxygen atoms in total. The summed E-state index contributed by atoms with van der Waals surface area (Å²) in [4.78, 5) is 11.3. The van der Waals surface area contributed by atoms with Crippen molar-refractivity contribution in [1.82, 2.24) is 0 Å². The Labute approximate surface area is 151 Å². The number of esters is 1. The minimum Gasteiger partial charge on any atom is -0.463 e. The van der Waals surface area contributed by atoms with E-state index in [-0.39, 0.29) is 12.2 Å².